The van der Waals surface area contributed by atoms with Crippen LogP contribution in [0.15, 0.2) is 0 Å². The number of hydrogen-bond acceptors (Lipinski definition) is 6. The van der Waals surface area contributed by atoms with E-state index in [1.165, 1.54) is 0 Å². The number of unbranched alkanes of at least 4 members (excludes halogenated alkanes) is 2. The Labute approximate surface area is 202 Å². The molecule has 0 aromatic carbocycles. The molecule has 0 aromatic heterocycles. The maximum atomic E-state index is 11.8. The number of nitrogens with one attached hydrogen (secondary N) is 4. The van der Waals surface area contributed by atoms with E-state index in [4.69, 9.17) is 10.5 Å². The van der Waals surface area contributed by atoms with Crippen molar-refractivity contribution in [2.75, 3.05) is 26.2 Å². The average Bonchev–Trinajstić information content (AvgIpc) is 2.73. The molecule has 0 bridgehead atoms. The molecule has 0 fully saturated rings. The van der Waals surface area contributed by atoms with Gasteiger partial charge < -0.3 is 31.7 Å². The molecule has 5 amide bonds. The molecule has 196 valence electrons. The zero-order valence-corrected chi connectivity index (χ0v) is 20.9. The Hall–Kier alpha value is -2.85. The van der Waals surface area contributed by atoms with Gasteiger partial charge in [0, 0.05) is 51.9 Å². The number of amides is 5. The third kappa shape index (κ3) is 22.3. The molecule has 0 atom stereocenters. The first-order valence-electron chi connectivity index (χ1n) is 12.0. The highest BCUT2D eigenvalue weighted by atomic mass is 16.6. The average molecular weight is 486 g/mol. The van der Waals surface area contributed by atoms with E-state index in [0.717, 1.165) is 19.3 Å². The number of carbonyl (C=O) groups excluding carboxylic acids is 5. The van der Waals surface area contributed by atoms with Gasteiger partial charge in [-0.05, 0) is 52.9 Å². The van der Waals surface area contributed by atoms with Gasteiger partial charge in [-0.25, -0.2) is 4.79 Å². The molecule has 0 unspecified atom stereocenters. The second-order valence-corrected chi connectivity index (χ2v) is 9.07. The largest absolute Gasteiger partial charge is 0.444 e. The fourth-order valence-corrected chi connectivity index (χ4v) is 2.80. The molecule has 0 saturated carbocycles. The number of primary amides is 1. The summed E-state index contributed by atoms with van der Waals surface area (Å²) >= 11 is 0. The fraction of sp³-hybridized carbons (Fsp3) is 0.783. The van der Waals surface area contributed by atoms with Crippen LogP contribution < -0.4 is 27.0 Å². The molecule has 0 rings (SSSR count). The number of alkyl carbamates (subject to hydrolysis) is 1. The van der Waals surface area contributed by atoms with Crippen LogP contribution >= 0.6 is 0 Å². The Balaban J connectivity index is 3.56. The summed E-state index contributed by atoms with van der Waals surface area (Å²) in [6.07, 6.45) is 4.69. The first-order chi connectivity index (χ1) is 16.0. The highest BCUT2D eigenvalue weighted by Gasteiger charge is 2.15. The second-order valence-electron chi connectivity index (χ2n) is 9.07. The SMILES string of the molecule is CC(C)(C)OC(=O)NCCCC(=O)NCCCC(=O)NCCCC(=O)NCCCCCC(N)=O. The summed E-state index contributed by atoms with van der Waals surface area (Å²) in [4.78, 5) is 57.4. The standard InChI is InChI=1S/C23H43N5O6/c1-23(2,3)34-22(33)28-17-9-13-21(32)27-16-8-12-20(31)26-15-7-11-19(30)25-14-6-4-5-10-18(24)29/h4-17H2,1-3H3,(H2,24,29)(H,25,30)(H,26,31)(H,27,32)(H,28,33). The summed E-state index contributed by atoms with van der Waals surface area (Å²) in [7, 11) is 0. The lowest BCUT2D eigenvalue weighted by Gasteiger charge is -2.19. The van der Waals surface area contributed by atoms with Crippen LogP contribution in [0.5, 0.6) is 0 Å². The molecule has 0 aliphatic carbocycles. The first kappa shape index (κ1) is 31.1. The van der Waals surface area contributed by atoms with Gasteiger partial charge in [0.25, 0.3) is 0 Å². The van der Waals surface area contributed by atoms with Gasteiger partial charge in [0.1, 0.15) is 5.60 Å². The van der Waals surface area contributed by atoms with Gasteiger partial charge in [0.05, 0.1) is 0 Å². The molecular formula is C23H43N5O6. The third-order valence-corrected chi connectivity index (χ3v) is 4.48. The maximum absolute atomic E-state index is 11.8. The highest BCUT2D eigenvalue weighted by molar-refractivity contribution is 5.77. The van der Waals surface area contributed by atoms with Crippen LogP contribution in [0.2, 0.25) is 0 Å². The first-order valence-corrected chi connectivity index (χ1v) is 12.0. The maximum Gasteiger partial charge on any atom is 0.407 e. The van der Waals surface area contributed by atoms with E-state index in [0.29, 0.717) is 58.3 Å². The van der Waals surface area contributed by atoms with Crippen LogP contribution in [0.1, 0.15) is 85.0 Å². The van der Waals surface area contributed by atoms with Crippen molar-refractivity contribution < 1.29 is 28.7 Å². The minimum absolute atomic E-state index is 0.0619. The monoisotopic (exact) mass is 485 g/mol. The molecule has 34 heavy (non-hydrogen) atoms. The minimum Gasteiger partial charge on any atom is -0.444 e. The molecule has 0 aliphatic rings. The predicted octanol–water partition coefficient (Wildman–Crippen LogP) is 1.25. The summed E-state index contributed by atoms with van der Waals surface area (Å²) in [5.41, 5.74) is 4.50. The Morgan fingerprint density at radius 1 is 0.588 bits per heavy atom. The molecule has 0 spiro atoms. The number of carbonyl (C=O) groups is 5. The van der Waals surface area contributed by atoms with Crippen molar-refractivity contribution in [1.82, 2.24) is 21.3 Å². The normalized spacial score (nSPS) is 10.8. The van der Waals surface area contributed by atoms with Crippen LogP contribution in [0.25, 0.3) is 0 Å². The lowest BCUT2D eigenvalue weighted by atomic mass is 10.2. The smallest absolute Gasteiger partial charge is 0.407 e. The van der Waals surface area contributed by atoms with E-state index >= 15 is 0 Å². The van der Waals surface area contributed by atoms with Crippen molar-refractivity contribution in [2.24, 2.45) is 5.73 Å². The van der Waals surface area contributed by atoms with Crippen molar-refractivity contribution >= 4 is 29.7 Å². The molecule has 0 heterocycles. The van der Waals surface area contributed by atoms with Crippen LogP contribution in [0.3, 0.4) is 0 Å². The van der Waals surface area contributed by atoms with Gasteiger partial charge in [-0.1, -0.05) is 6.42 Å². The van der Waals surface area contributed by atoms with Gasteiger partial charge in [0.15, 0.2) is 0 Å². The van der Waals surface area contributed by atoms with Crippen molar-refractivity contribution in [3.63, 3.8) is 0 Å². The Morgan fingerprint density at radius 3 is 1.41 bits per heavy atom. The van der Waals surface area contributed by atoms with Crippen LogP contribution in [-0.4, -0.2) is 61.5 Å². The number of ether oxygens (including phenoxy) is 1. The Morgan fingerprint density at radius 2 is 1.00 bits per heavy atom. The molecular weight excluding hydrogens is 442 g/mol. The van der Waals surface area contributed by atoms with E-state index < -0.39 is 11.7 Å². The summed E-state index contributed by atoms with van der Waals surface area (Å²) < 4.78 is 5.11. The van der Waals surface area contributed by atoms with E-state index in [-0.39, 0.29) is 36.5 Å². The van der Waals surface area contributed by atoms with Crippen molar-refractivity contribution in [3.8, 4) is 0 Å². The Kier molecular flexibility index (Phi) is 17.0. The molecule has 11 nitrogen and oxygen atoms in total. The van der Waals surface area contributed by atoms with E-state index in [9.17, 15) is 24.0 Å². The zero-order chi connectivity index (χ0) is 25.8. The quantitative estimate of drug-likeness (QED) is 0.183. The van der Waals surface area contributed by atoms with E-state index in [1.807, 2.05) is 0 Å². The van der Waals surface area contributed by atoms with Gasteiger partial charge >= 0.3 is 6.09 Å². The lowest BCUT2D eigenvalue weighted by Crippen LogP contribution is -2.33. The fourth-order valence-electron chi connectivity index (χ4n) is 2.80. The molecule has 0 aromatic rings. The summed E-state index contributed by atoms with van der Waals surface area (Å²) in [6, 6.07) is 0. The minimum atomic E-state index is -0.558. The van der Waals surface area contributed by atoms with E-state index in [2.05, 4.69) is 21.3 Å². The van der Waals surface area contributed by atoms with Gasteiger partial charge in [-0.3, -0.25) is 19.2 Å². The molecule has 6 N–H and O–H groups in total. The number of hydrogen-bond donors (Lipinski definition) is 5. The van der Waals surface area contributed by atoms with Gasteiger partial charge in [-0.2, -0.15) is 0 Å². The lowest BCUT2D eigenvalue weighted by molar-refractivity contribution is -0.123. The summed E-state index contributed by atoms with van der Waals surface area (Å²) in [5, 5.41) is 10.9. The number of rotatable bonds is 18. The molecule has 0 radical (unpaired) electrons. The number of nitrogens with two attached hydrogens (primary N) is 1. The molecule has 11 heteroatoms. The summed E-state index contributed by atoms with van der Waals surface area (Å²) in [6.45, 7) is 7.06. The van der Waals surface area contributed by atoms with Gasteiger partial charge in [-0.15, -0.1) is 0 Å². The zero-order valence-electron chi connectivity index (χ0n) is 20.9. The molecule has 0 saturated heterocycles. The van der Waals surface area contributed by atoms with Crippen LogP contribution in [0, 0.1) is 0 Å². The van der Waals surface area contributed by atoms with Crippen molar-refractivity contribution in [3.05, 3.63) is 0 Å². The van der Waals surface area contributed by atoms with Crippen molar-refractivity contribution in [1.29, 1.82) is 0 Å². The van der Waals surface area contributed by atoms with Crippen molar-refractivity contribution in [2.45, 2.75) is 90.6 Å². The van der Waals surface area contributed by atoms with Gasteiger partial charge in [0.2, 0.25) is 23.6 Å². The van der Waals surface area contributed by atoms with E-state index in [1.54, 1.807) is 20.8 Å². The highest BCUT2D eigenvalue weighted by Crippen LogP contribution is 2.06. The topological polar surface area (TPSA) is 169 Å². The third-order valence-electron chi connectivity index (χ3n) is 4.48. The second kappa shape index (κ2) is 18.6. The Bertz CT molecular complexity index is 648. The van der Waals surface area contributed by atoms with Crippen LogP contribution in [-0.2, 0) is 23.9 Å². The molecule has 0 aliphatic heterocycles. The van der Waals surface area contributed by atoms with Crippen LogP contribution in [0.4, 0.5) is 4.79 Å². The predicted molar refractivity (Wildman–Crippen MR) is 129 cm³/mol. The summed E-state index contributed by atoms with van der Waals surface area (Å²) in [5.74, 6) is -0.624.